The summed E-state index contributed by atoms with van der Waals surface area (Å²) >= 11 is 5.34. The predicted octanol–water partition coefficient (Wildman–Crippen LogP) is 5.82. The highest BCUT2D eigenvalue weighted by molar-refractivity contribution is 7.71. The Morgan fingerprint density at radius 3 is 2.55 bits per heavy atom. The number of hydrogen-bond acceptors (Lipinski definition) is 6. The van der Waals surface area contributed by atoms with Gasteiger partial charge in [0.15, 0.2) is 4.77 Å². The second-order valence-corrected chi connectivity index (χ2v) is 9.57. The van der Waals surface area contributed by atoms with Crippen LogP contribution in [0.5, 0.6) is 5.75 Å². The van der Waals surface area contributed by atoms with Gasteiger partial charge in [0.05, 0.1) is 16.7 Å². The number of carboxylic acids is 2. The van der Waals surface area contributed by atoms with Crippen molar-refractivity contribution in [1.82, 2.24) is 9.66 Å². The lowest BCUT2D eigenvalue weighted by atomic mass is 9.94. The van der Waals surface area contributed by atoms with E-state index in [1.54, 1.807) is 22.8 Å². The number of nitrogens with zero attached hydrogens (tertiary/aromatic N) is 3. The van der Waals surface area contributed by atoms with Crippen LogP contribution in [-0.4, -0.2) is 50.5 Å². The average Bonchev–Trinajstić information content (AvgIpc) is 3.28. The Morgan fingerprint density at radius 2 is 1.80 bits per heavy atom. The molecule has 0 saturated heterocycles. The number of aromatic nitrogens is 2. The van der Waals surface area contributed by atoms with Gasteiger partial charge in [-0.2, -0.15) is 0 Å². The van der Waals surface area contributed by atoms with Crippen molar-refractivity contribution in [3.05, 3.63) is 112 Å². The number of aromatic carboxylic acids is 1. The van der Waals surface area contributed by atoms with Crippen molar-refractivity contribution >= 4 is 52.6 Å². The largest absolute Gasteiger partial charge is 0.507 e. The van der Waals surface area contributed by atoms with Crippen LogP contribution in [0.15, 0.2) is 96.2 Å². The summed E-state index contributed by atoms with van der Waals surface area (Å²) < 4.78 is 2.28. The van der Waals surface area contributed by atoms with Gasteiger partial charge in [-0.1, -0.05) is 42.5 Å². The molecule has 4 aromatic rings. The number of aromatic hydroxyl groups is 1. The maximum absolute atomic E-state index is 11.0. The number of rotatable bonds is 5. The fourth-order valence-corrected chi connectivity index (χ4v) is 5.13. The highest BCUT2D eigenvalue weighted by atomic mass is 32.1. The molecule has 3 aromatic carbocycles. The zero-order chi connectivity index (χ0) is 28.4. The molecule has 1 aromatic heterocycles. The van der Waals surface area contributed by atoms with Crippen LogP contribution >= 0.6 is 12.2 Å². The molecule has 1 aliphatic carbocycles. The van der Waals surface area contributed by atoms with E-state index in [2.05, 4.69) is 17.1 Å². The zero-order valence-corrected chi connectivity index (χ0v) is 22.3. The van der Waals surface area contributed by atoms with Gasteiger partial charge in [-0.3, -0.25) is 9.80 Å². The van der Waals surface area contributed by atoms with Crippen molar-refractivity contribution in [3.63, 3.8) is 0 Å². The van der Waals surface area contributed by atoms with Gasteiger partial charge in [0, 0.05) is 24.5 Å². The lowest BCUT2D eigenvalue weighted by Crippen LogP contribution is -2.32. The molecule has 0 unspecified atom stereocenters. The first-order valence-corrected chi connectivity index (χ1v) is 12.8. The van der Waals surface area contributed by atoms with Gasteiger partial charge in [0.1, 0.15) is 17.9 Å². The van der Waals surface area contributed by atoms with Crippen LogP contribution in [0.1, 0.15) is 22.3 Å². The van der Waals surface area contributed by atoms with Gasteiger partial charge in [-0.05, 0) is 72.3 Å². The summed E-state index contributed by atoms with van der Waals surface area (Å²) in [5.74, 6) is -2.28. The Hall–Kier alpha value is -5.09. The van der Waals surface area contributed by atoms with Crippen LogP contribution in [0, 0.1) is 4.77 Å². The second-order valence-electron chi connectivity index (χ2n) is 9.18. The molecule has 2 heterocycles. The van der Waals surface area contributed by atoms with Crippen molar-refractivity contribution in [2.45, 2.75) is 6.42 Å². The Bertz CT molecular complexity index is 1780. The topological polar surface area (TPSA) is 122 Å². The molecule has 0 amide bonds. The number of fused-ring (bicyclic) bond motifs is 3. The first-order chi connectivity index (χ1) is 19.2. The van der Waals surface area contributed by atoms with Crippen LogP contribution < -0.4 is 9.91 Å². The van der Waals surface area contributed by atoms with E-state index in [4.69, 9.17) is 22.4 Å². The fourth-order valence-electron chi connectivity index (χ4n) is 4.80. The van der Waals surface area contributed by atoms with Gasteiger partial charge >= 0.3 is 11.9 Å². The van der Waals surface area contributed by atoms with E-state index in [1.807, 2.05) is 65.6 Å². The number of aromatic amines is 1. The minimum Gasteiger partial charge on any atom is -0.507 e. The first-order valence-electron chi connectivity index (χ1n) is 12.4. The summed E-state index contributed by atoms with van der Waals surface area (Å²) in [5.41, 5.74) is 6.48. The van der Waals surface area contributed by atoms with Crippen LogP contribution in [0.2, 0.25) is 0 Å². The van der Waals surface area contributed by atoms with Crippen LogP contribution in [0.25, 0.3) is 17.1 Å². The molecule has 0 saturated carbocycles. The van der Waals surface area contributed by atoms with Crippen molar-refractivity contribution in [2.75, 3.05) is 23.5 Å². The maximum atomic E-state index is 11.0. The summed E-state index contributed by atoms with van der Waals surface area (Å²) in [6.45, 7) is -0.00593. The number of hydrogen-bond donors (Lipinski definition) is 4. The highest BCUT2D eigenvalue weighted by Crippen LogP contribution is 2.37. The Morgan fingerprint density at radius 1 is 1.05 bits per heavy atom. The lowest BCUT2D eigenvalue weighted by Gasteiger charge is -2.33. The standard InChI is InChI=1S/C15H13N3O3S.C15H13NO2/c1-17(9-6-7-10(14(20)21)13(19)8-9)18-12-5-3-2-4-11(12)16-15(18)22;17-15(18)10-16-13-7-3-1-5-11(13)9-12-6-2-4-8-14(12)16/h2-8,19H,1H3,(H,16,22)(H,20,21);1-5,7-9H,6,10H2,(H,17,18). The molecule has 202 valence electrons. The summed E-state index contributed by atoms with van der Waals surface area (Å²) in [6.07, 6.45) is 9.05. The molecule has 6 rings (SSSR count). The monoisotopic (exact) mass is 554 g/mol. The first kappa shape index (κ1) is 26.5. The number of anilines is 2. The molecule has 4 N–H and O–H groups in total. The SMILES string of the molecule is CN(c1ccc(C(=O)O)c(O)c1)n1c(=S)[nH]c2ccccc21.O=C(O)CN1C2=CC=CCC2=Cc2ccccc21. The molecule has 0 spiro atoms. The number of phenols is 1. The van der Waals surface area contributed by atoms with Crippen LogP contribution in [-0.2, 0) is 4.79 Å². The zero-order valence-electron chi connectivity index (χ0n) is 21.5. The third kappa shape index (κ3) is 5.12. The van der Waals surface area contributed by atoms with E-state index in [-0.39, 0.29) is 17.9 Å². The van der Waals surface area contributed by atoms with E-state index in [1.165, 1.54) is 17.7 Å². The molecule has 10 heteroatoms. The summed E-state index contributed by atoms with van der Waals surface area (Å²) in [5, 5.41) is 29.6. The third-order valence-electron chi connectivity index (χ3n) is 6.65. The molecule has 0 bridgehead atoms. The number of aliphatic carboxylic acids is 1. The van der Waals surface area contributed by atoms with Gasteiger partial charge < -0.3 is 25.2 Å². The smallest absolute Gasteiger partial charge is 0.339 e. The summed E-state index contributed by atoms with van der Waals surface area (Å²) in [4.78, 5) is 27.0. The van der Waals surface area contributed by atoms with E-state index >= 15 is 0 Å². The Kier molecular flexibility index (Phi) is 7.26. The Labute approximate surface area is 234 Å². The van der Waals surface area contributed by atoms with Crippen molar-refractivity contribution in [1.29, 1.82) is 0 Å². The number of imidazole rings is 1. The highest BCUT2D eigenvalue weighted by Gasteiger charge is 2.24. The number of carbonyl (C=O) groups is 2. The normalized spacial score (nSPS) is 13.4. The minimum atomic E-state index is -1.17. The molecule has 0 fully saturated rings. The van der Waals surface area contributed by atoms with E-state index < -0.39 is 11.9 Å². The molecular weight excluding hydrogens is 528 g/mol. The van der Waals surface area contributed by atoms with E-state index in [0.717, 1.165) is 34.4 Å². The summed E-state index contributed by atoms with van der Waals surface area (Å²) in [7, 11) is 1.78. The molecule has 1 aliphatic heterocycles. The molecule has 0 radical (unpaired) electrons. The molecule has 0 atom stereocenters. The van der Waals surface area contributed by atoms with Gasteiger partial charge in [-0.25, -0.2) is 9.47 Å². The van der Waals surface area contributed by atoms with Crippen molar-refractivity contribution < 1.29 is 24.9 Å². The molecule has 40 heavy (non-hydrogen) atoms. The van der Waals surface area contributed by atoms with Crippen molar-refractivity contribution in [2.24, 2.45) is 0 Å². The van der Waals surface area contributed by atoms with Crippen molar-refractivity contribution in [3.8, 4) is 5.75 Å². The number of H-pyrrole nitrogens is 1. The van der Waals surface area contributed by atoms with Crippen LogP contribution in [0.3, 0.4) is 0 Å². The van der Waals surface area contributed by atoms with E-state index in [9.17, 15) is 14.7 Å². The number of allylic oxidation sites excluding steroid dienone is 4. The van der Waals surface area contributed by atoms with Gasteiger partial charge in [0.2, 0.25) is 0 Å². The molecule has 2 aliphatic rings. The minimum absolute atomic E-state index is 0.00593. The average molecular weight is 555 g/mol. The number of benzene rings is 3. The van der Waals surface area contributed by atoms with Gasteiger partial charge in [-0.15, -0.1) is 0 Å². The quantitative estimate of drug-likeness (QED) is 0.228. The predicted molar refractivity (Wildman–Crippen MR) is 157 cm³/mol. The Balaban J connectivity index is 0.000000164. The van der Waals surface area contributed by atoms with Crippen LogP contribution in [0.4, 0.5) is 11.4 Å². The lowest BCUT2D eigenvalue weighted by molar-refractivity contribution is -0.135. The number of para-hydroxylation sites is 3. The van der Waals surface area contributed by atoms with Gasteiger partial charge in [0.25, 0.3) is 0 Å². The maximum Gasteiger partial charge on any atom is 0.339 e. The molecule has 9 nitrogen and oxygen atoms in total. The molecular formula is C30H26N4O5S. The fraction of sp³-hybridized carbons (Fsp3) is 0.100. The number of nitrogens with one attached hydrogen (secondary N) is 1. The summed E-state index contributed by atoms with van der Waals surface area (Å²) in [6, 6.07) is 19.9. The second kappa shape index (κ2) is 11.0. The number of carboxylic acid groups (broad SMARTS) is 2. The third-order valence-corrected chi connectivity index (χ3v) is 6.92. The van der Waals surface area contributed by atoms with E-state index in [0.29, 0.717) is 10.5 Å².